The number of fused-ring (bicyclic) bond motifs is 1. The SMILES string of the molecule is CC.CCOC.CNc1nc(C(C)C)c(Cl)cc1-c1nc2c(C)cn(CCF)c2cc1C. The summed E-state index contributed by atoms with van der Waals surface area (Å²) in [5.41, 5.74) is 6.44. The molecule has 3 rings (SSSR count). The second-order valence-electron chi connectivity index (χ2n) is 7.45. The van der Waals surface area contributed by atoms with Gasteiger partial charge in [-0.2, -0.15) is 0 Å². The fourth-order valence-corrected chi connectivity index (χ4v) is 3.67. The molecule has 1 N–H and O–H groups in total. The lowest BCUT2D eigenvalue weighted by Gasteiger charge is -2.15. The van der Waals surface area contributed by atoms with Crippen LogP contribution in [0, 0.1) is 13.8 Å². The number of nitrogens with one attached hydrogen (secondary N) is 1. The summed E-state index contributed by atoms with van der Waals surface area (Å²) in [4.78, 5) is 9.60. The van der Waals surface area contributed by atoms with Crippen LogP contribution in [-0.2, 0) is 11.3 Å². The number of nitrogens with zero attached hydrogens (tertiary/aromatic N) is 3. The maximum atomic E-state index is 12.8. The third kappa shape index (κ3) is 6.42. The molecule has 0 saturated carbocycles. The zero-order valence-electron chi connectivity index (χ0n) is 20.9. The monoisotopic (exact) mass is 464 g/mol. The van der Waals surface area contributed by atoms with Crippen molar-refractivity contribution in [1.29, 1.82) is 0 Å². The summed E-state index contributed by atoms with van der Waals surface area (Å²) in [7, 11) is 3.53. The van der Waals surface area contributed by atoms with E-state index in [4.69, 9.17) is 21.6 Å². The van der Waals surface area contributed by atoms with Crippen molar-refractivity contribution in [1.82, 2.24) is 14.5 Å². The Morgan fingerprint density at radius 1 is 1.16 bits per heavy atom. The van der Waals surface area contributed by atoms with E-state index < -0.39 is 6.67 Å². The largest absolute Gasteiger partial charge is 0.385 e. The lowest BCUT2D eigenvalue weighted by atomic mass is 10.0. The fourth-order valence-electron chi connectivity index (χ4n) is 3.30. The van der Waals surface area contributed by atoms with Gasteiger partial charge in [-0.25, -0.2) is 14.4 Å². The predicted molar refractivity (Wildman–Crippen MR) is 136 cm³/mol. The minimum Gasteiger partial charge on any atom is -0.385 e. The van der Waals surface area contributed by atoms with Gasteiger partial charge in [0.15, 0.2) is 0 Å². The van der Waals surface area contributed by atoms with Crippen molar-refractivity contribution < 1.29 is 9.13 Å². The summed E-state index contributed by atoms with van der Waals surface area (Å²) < 4.78 is 19.3. The van der Waals surface area contributed by atoms with Crippen LogP contribution in [-0.4, -0.2) is 42.0 Å². The maximum absolute atomic E-state index is 12.8. The first kappa shape index (κ1) is 27.9. The first-order valence-corrected chi connectivity index (χ1v) is 11.6. The Hall–Kier alpha value is -2.18. The first-order valence-electron chi connectivity index (χ1n) is 11.2. The third-order valence-corrected chi connectivity index (χ3v) is 5.18. The number of anilines is 1. The van der Waals surface area contributed by atoms with Crippen LogP contribution in [0.5, 0.6) is 0 Å². The van der Waals surface area contributed by atoms with Crippen molar-refractivity contribution in [3.8, 4) is 11.3 Å². The highest BCUT2D eigenvalue weighted by Crippen LogP contribution is 2.35. The molecular formula is C25H38ClFN4O. The lowest BCUT2D eigenvalue weighted by molar-refractivity contribution is 0.215. The molecule has 3 aromatic rings. The van der Waals surface area contributed by atoms with Crippen LogP contribution in [0.1, 0.15) is 57.4 Å². The van der Waals surface area contributed by atoms with Crippen LogP contribution in [0.4, 0.5) is 10.2 Å². The summed E-state index contributed by atoms with van der Waals surface area (Å²) in [5.74, 6) is 0.992. The maximum Gasteiger partial charge on any atom is 0.135 e. The van der Waals surface area contributed by atoms with Gasteiger partial charge < -0.3 is 14.6 Å². The van der Waals surface area contributed by atoms with Gasteiger partial charge in [0.25, 0.3) is 0 Å². The van der Waals surface area contributed by atoms with E-state index in [9.17, 15) is 4.39 Å². The molecule has 0 fully saturated rings. The zero-order valence-corrected chi connectivity index (χ0v) is 21.7. The van der Waals surface area contributed by atoms with Gasteiger partial charge in [-0.1, -0.05) is 39.3 Å². The summed E-state index contributed by atoms with van der Waals surface area (Å²) in [5, 5.41) is 3.81. The second kappa shape index (κ2) is 13.4. The molecule has 0 atom stereocenters. The van der Waals surface area contributed by atoms with Crippen molar-refractivity contribution in [2.45, 2.75) is 60.9 Å². The Kier molecular flexibility index (Phi) is 11.7. The number of aryl methyl sites for hydroxylation is 3. The molecule has 0 amide bonds. The number of aromatic nitrogens is 3. The summed E-state index contributed by atoms with van der Waals surface area (Å²) >= 11 is 6.49. The van der Waals surface area contributed by atoms with E-state index in [0.717, 1.165) is 51.5 Å². The van der Waals surface area contributed by atoms with Crippen molar-refractivity contribution in [2.75, 3.05) is 32.8 Å². The molecule has 3 heterocycles. The number of methoxy groups -OCH3 is 1. The Morgan fingerprint density at radius 3 is 2.28 bits per heavy atom. The standard InChI is InChI=1S/C20H24ClFN4.C3H8O.C2H6/c1-11(2)17-15(21)9-14(20(23-5)25-17)18-12(3)8-16-19(24-18)13(4)10-26(16)7-6-22;1-3-4-2;1-2/h8-11H,6-7H2,1-5H3,(H,23,25);3H2,1-2H3;1-2H3. The Labute approximate surface area is 197 Å². The van der Waals surface area contributed by atoms with Crippen LogP contribution in [0.25, 0.3) is 22.3 Å². The van der Waals surface area contributed by atoms with Crippen molar-refractivity contribution in [3.63, 3.8) is 0 Å². The molecule has 0 saturated heterocycles. The molecule has 0 aliphatic rings. The molecule has 0 aliphatic heterocycles. The average Bonchev–Trinajstić information content (AvgIpc) is 3.08. The van der Waals surface area contributed by atoms with Crippen molar-refractivity contribution in [2.24, 2.45) is 0 Å². The van der Waals surface area contributed by atoms with Gasteiger partial charge in [-0.3, -0.25) is 0 Å². The minimum atomic E-state index is -0.399. The molecule has 178 valence electrons. The summed E-state index contributed by atoms with van der Waals surface area (Å²) in [6.45, 7) is 14.9. The number of alkyl halides is 1. The highest BCUT2D eigenvalue weighted by molar-refractivity contribution is 6.31. The van der Waals surface area contributed by atoms with Crippen LogP contribution in [0.15, 0.2) is 18.3 Å². The highest BCUT2D eigenvalue weighted by Gasteiger charge is 2.18. The van der Waals surface area contributed by atoms with Crippen LogP contribution in [0.3, 0.4) is 0 Å². The Bertz CT molecular complexity index is 1000. The molecule has 32 heavy (non-hydrogen) atoms. The van der Waals surface area contributed by atoms with Gasteiger partial charge in [-0.05, 0) is 49.9 Å². The van der Waals surface area contributed by atoms with E-state index in [1.165, 1.54) is 0 Å². The quantitative estimate of drug-likeness (QED) is 0.419. The molecule has 0 aliphatic carbocycles. The van der Waals surface area contributed by atoms with E-state index >= 15 is 0 Å². The number of hydrogen-bond acceptors (Lipinski definition) is 4. The lowest BCUT2D eigenvalue weighted by Crippen LogP contribution is -2.04. The molecule has 0 aromatic carbocycles. The smallest absolute Gasteiger partial charge is 0.135 e. The minimum absolute atomic E-state index is 0.233. The topological polar surface area (TPSA) is 52.0 Å². The van der Waals surface area contributed by atoms with Gasteiger partial charge in [0.2, 0.25) is 0 Å². The molecule has 0 radical (unpaired) electrons. The van der Waals surface area contributed by atoms with Gasteiger partial charge in [-0.15, -0.1) is 0 Å². The second-order valence-corrected chi connectivity index (χ2v) is 7.86. The van der Waals surface area contributed by atoms with Gasteiger partial charge >= 0.3 is 0 Å². The van der Waals surface area contributed by atoms with E-state index in [1.807, 2.05) is 58.5 Å². The van der Waals surface area contributed by atoms with E-state index in [0.29, 0.717) is 11.6 Å². The fraction of sp³-hybridized carbons (Fsp3) is 0.520. The Morgan fingerprint density at radius 2 is 1.78 bits per heavy atom. The number of rotatable bonds is 6. The van der Waals surface area contributed by atoms with Gasteiger partial charge in [0.05, 0.1) is 34.0 Å². The molecule has 0 unspecified atom stereocenters. The van der Waals surface area contributed by atoms with Crippen LogP contribution >= 0.6 is 11.6 Å². The van der Waals surface area contributed by atoms with E-state index in [1.54, 1.807) is 7.11 Å². The molecule has 0 bridgehead atoms. The number of pyridine rings is 2. The molecule has 0 spiro atoms. The zero-order chi connectivity index (χ0) is 24.4. The molecule has 7 heteroatoms. The molecule has 5 nitrogen and oxygen atoms in total. The normalized spacial score (nSPS) is 10.5. The number of ether oxygens (including phenoxy) is 1. The third-order valence-electron chi connectivity index (χ3n) is 4.88. The average molecular weight is 465 g/mol. The van der Waals surface area contributed by atoms with Crippen molar-refractivity contribution in [3.05, 3.63) is 40.2 Å². The van der Waals surface area contributed by atoms with Gasteiger partial charge in [0, 0.05) is 32.5 Å². The molecule has 3 aromatic heterocycles. The van der Waals surface area contributed by atoms with Crippen LogP contribution < -0.4 is 5.32 Å². The predicted octanol–water partition coefficient (Wildman–Crippen LogP) is 7.18. The van der Waals surface area contributed by atoms with Crippen LogP contribution in [0.2, 0.25) is 5.02 Å². The van der Waals surface area contributed by atoms with E-state index in [-0.39, 0.29) is 5.92 Å². The van der Waals surface area contributed by atoms with Gasteiger partial charge in [0.1, 0.15) is 12.5 Å². The number of halogens is 2. The summed E-state index contributed by atoms with van der Waals surface area (Å²) in [6.07, 6.45) is 1.95. The first-order chi connectivity index (χ1) is 15.3. The van der Waals surface area contributed by atoms with E-state index in [2.05, 4.69) is 30.0 Å². The molecular weight excluding hydrogens is 427 g/mol. The Balaban J connectivity index is 0.000000769. The van der Waals surface area contributed by atoms with Crippen molar-refractivity contribution >= 4 is 28.5 Å². The summed E-state index contributed by atoms with van der Waals surface area (Å²) in [6, 6.07) is 3.99. The highest BCUT2D eigenvalue weighted by atomic mass is 35.5. The number of hydrogen-bond donors (Lipinski definition) is 1.